The Labute approximate surface area is 261 Å². The van der Waals surface area contributed by atoms with Gasteiger partial charge in [0.25, 0.3) is 0 Å². The number of aryl methyl sites for hydroxylation is 1. The molecule has 214 valence electrons. The summed E-state index contributed by atoms with van der Waals surface area (Å²) in [6.45, 7) is 11.7. The molecule has 0 saturated heterocycles. The van der Waals surface area contributed by atoms with E-state index in [2.05, 4.69) is 173 Å². The molecule has 0 spiro atoms. The first-order valence-electron chi connectivity index (χ1n) is 15.7. The van der Waals surface area contributed by atoms with Crippen LogP contribution in [0.2, 0.25) is 0 Å². The molecule has 0 unspecified atom stereocenters. The standard InChI is InChI=1S/C43H37N/c1-28-26-30(29-14-7-6-8-15-29)22-25-39(28)44(31-23-24-33-32-16-9-11-18-35(32)43(4,5)38(33)27-31)40-21-13-20-37-41(40)34-17-10-12-19-36(34)42(37,2)3/h6-27H,1-5H3. The first-order chi connectivity index (χ1) is 21.3. The second-order valence-electron chi connectivity index (χ2n) is 13.5. The predicted molar refractivity (Wildman–Crippen MR) is 186 cm³/mol. The topological polar surface area (TPSA) is 3.24 Å². The Kier molecular flexibility index (Phi) is 5.81. The van der Waals surface area contributed by atoms with Crippen LogP contribution in [0.4, 0.5) is 17.1 Å². The SMILES string of the molecule is Cc1cc(-c2ccccc2)ccc1N(c1ccc2c(c1)C(C)(C)c1ccccc1-2)c1cccc2c1-c1ccccc1C2(C)C. The fraction of sp³-hybridized carbons (Fsp3) is 0.163. The van der Waals surface area contributed by atoms with Crippen molar-refractivity contribution in [2.75, 3.05) is 4.90 Å². The van der Waals surface area contributed by atoms with Gasteiger partial charge in [-0.05, 0) is 92.9 Å². The van der Waals surface area contributed by atoms with E-state index in [0.717, 1.165) is 0 Å². The largest absolute Gasteiger partial charge is 0.310 e. The number of fused-ring (bicyclic) bond motifs is 6. The third kappa shape index (κ3) is 3.78. The molecule has 0 saturated carbocycles. The van der Waals surface area contributed by atoms with Crippen molar-refractivity contribution in [3.63, 3.8) is 0 Å². The molecule has 6 aromatic carbocycles. The van der Waals surface area contributed by atoms with Gasteiger partial charge in [-0.15, -0.1) is 0 Å². The van der Waals surface area contributed by atoms with Gasteiger partial charge in [0.15, 0.2) is 0 Å². The van der Waals surface area contributed by atoms with Crippen LogP contribution in [0.3, 0.4) is 0 Å². The van der Waals surface area contributed by atoms with Gasteiger partial charge in [0.1, 0.15) is 0 Å². The Bertz CT molecular complexity index is 2080. The summed E-state index contributed by atoms with van der Waals surface area (Å²) in [6.07, 6.45) is 0. The second kappa shape index (κ2) is 9.56. The minimum absolute atomic E-state index is 0.0681. The zero-order valence-corrected chi connectivity index (χ0v) is 26.1. The van der Waals surface area contributed by atoms with Crippen LogP contribution in [-0.4, -0.2) is 0 Å². The summed E-state index contributed by atoms with van der Waals surface area (Å²) in [7, 11) is 0. The van der Waals surface area contributed by atoms with E-state index in [4.69, 9.17) is 0 Å². The van der Waals surface area contributed by atoms with Crippen LogP contribution >= 0.6 is 0 Å². The fourth-order valence-corrected chi connectivity index (χ4v) is 7.88. The molecule has 0 aliphatic heterocycles. The smallest absolute Gasteiger partial charge is 0.0543 e. The Morgan fingerprint density at radius 1 is 0.432 bits per heavy atom. The lowest BCUT2D eigenvalue weighted by atomic mass is 9.82. The van der Waals surface area contributed by atoms with E-state index in [1.807, 2.05) is 0 Å². The third-order valence-electron chi connectivity index (χ3n) is 10.2. The summed E-state index contributed by atoms with van der Waals surface area (Å²) in [5.74, 6) is 0. The van der Waals surface area contributed by atoms with Gasteiger partial charge in [0.2, 0.25) is 0 Å². The Morgan fingerprint density at radius 2 is 1.05 bits per heavy atom. The summed E-state index contributed by atoms with van der Waals surface area (Å²) < 4.78 is 0. The molecule has 1 nitrogen and oxygen atoms in total. The number of hydrogen-bond donors (Lipinski definition) is 0. The van der Waals surface area contributed by atoms with Crippen molar-refractivity contribution in [2.45, 2.75) is 45.4 Å². The molecular formula is C43H37N. The highest BCUT2D eigenvalue weighted by Crippen LogP contribution is 2.56. The van der Waals surface area contributed by atoms with E-state index in [1.165, 1.54) is 78.3 Å². The molecule has 8 rings (SSSR count). The summed E-state index contributed by atoms with van der Waals surface area (Å²) >= 11 is 0. The van der Waals surface area contributed by atoms with Crippen molar-refractivity contribution in [1.82, 2.24) is 0 Å². The number of rotatable bonds is 4. The van der Waals surface area contributed by atoms with Gasteiger partial charge in [-0.3, -0.25) is 0 Å². The molecule has 0 fully saturated rings. The first kappa shape index (κ1) is 26.7. The van der Waals surface area contributed by atoms with E-state index in [-0.39, 0.29) is 10.8 Å². The summed E-state index contributed by atoms with van der Waals surface area (Å²) in [6, 6.07) is 49.5. The molecule has 6 aromatic rings. The average Bonchev–Trinajstić information content (AvgIpc) is 3.42. The number of anilines is 3. The summed E-state index contributed by atoms with van der Waals surface area (Å²) in [5, 5.41) is 0. The van der Waals surface area contributed by atoms with E-state index in [0.29, 0.717) is 0 Å². The monoisotopic (exact) mass is 567 g/mol. The lowest BCUT2D eigenvalue weighted by Gasteiger charge is -2.31. The molecule has 0 N–H and O–H groups in total. The van der Waals surface area contributed by atoms with Crippen molar-refractivity contribution in [1.29, 1.82) is 0 Å². The second-order valence-corrected chi connectivity index (χ2v) is 13.5. The van der Waals surface area contributed by atoms with Gasteiger partial charge in [-0.2, -0.15) is 0 Å². The van der Waals surface area contributed by atoms with Crippen LogP contribution in [0.25, 0.3) is 33.4 Å². The van der Waals surface area contributed by atoms with Crippen LogP contribution in [0.15, 0.2) is 133 Å². The van der Waals surface area contributed by atoms with E-state index >= 15 is 0 Å². The minimum atomic E-state index is -0.0763. The van der Waals surface area contributed by atoms with Gasteiger partial charge in [0.05, 0.1) is 5.69 Å². The highest BCUT2D eigenvalue weighted by Gasteiger charge is 2.39. The maximum Gasteiger partial charge on any atom is 0.0543 e. The van der Waals surface area contributed by atoms with Gasteiger partial charge >= 0.3 is 0 Å². The Balaban J connectivity index is 1.38. The molecule has 2 aliphatic carbocycles. The van der Waals surface area contributed by atoms with Crippen LogP contribution in [0, 0.1) is 6.92 Å². The molecule has 1 heteroatoms. The molecule has 0 radical (unpaired) electrons. The molecule has 0 atom stereocenters. The van der Waals surface area contributed by atoms with Crippen molar-refractivity contribution in [2.24, 2.45) is 0 Å². The van der Waals surface area contributed by atoms with Crippen LogP contribution < -0.4 is 4.90 Å². The van der Waals surface area contributed by atoms with E-state index in [1.54, 1.807) is 0 Å². The third-order valence-corrected chi connectivity index (χ3v) is 10.2. The highest BCUT2D eigenvalue weighted by atomic mass is 15.1. The van der Waals surface area contributed by atoms with Gasteiger partial charge in [0, 0.05) is 27.8 Å². The zero-order chi connectivity index (χ0) is 30.2. The summed E-state index contributed by atoms with van der Waals surface area (Å²) in [4.78, 5) is 2.51. The van der Waals surface area contributed by atoms with Crippen molar-refractivity contribution in [3.8, 4) is 33.4 Å². The van der Waals surface area contributed by atoms with Crippen LogP contribution in [0.1, 0.15) is 55.5 Å². The van der Waals surface area contributed by atoms with Crippen LogP contribution in [0.5, 0.6) is 0 Å². The van der Waals surface area contributed by atoms with Gasteiger partial charge < -0.3 is 4.90 Å². The Hall–Kier alpha value is -4.88. The minimum Gasteiger partial charge on any atom is -0.310 e. The molecule has 0 amide bonds. The number of hydrogen-bond acceptors (Lipinski definition) is 1. The highest BCUT2D eigenvalue weighted by molar-refractivity contribution is 5.96. The van der Waals surface area contributed by atoms with Crippen molar-refractivity contribution < 1.29 is 0 Å². The normalized spacial score (nSPS) is 14.8. The molecule has 0 bridgehead atoms. The zero-order valence-electron chi connectivity index (χ0n) is 26.1. The fourth-order valence-electron chi connectivity index (χ4n) is 7.88. The molecular weight excluding hydrogens is 530 g/mol. The van der Waals surface area contributed by atoms with Gasteiger partial charge in [-0.1, -0.05) is 131 Å². The molecule has 44 heavy (non-hydrogen) atoms. The maximum absolute atomic E-state index is 2.51. The predicted octanol–water partition coefficient (Wildman–Crippen LogP) is 11.7. The Morgan fingerprint density at radius 3 is 1.80 bits per heavy atom. The molecule has 0 aromatic heterocycles. The van der Waals surface area contributed by atoms with Crippen molar-refractivity contribution in [3.05, 3.63) is 161 Å². The first-order valence-corrected chi connectivity index (χ1v) is 15.7. The number of benzene rings is 6. The van der Waals surface area contributed by atoms with Crippen LogP contribution in [-0.2, 0) is 10.8 Å². The van der Waals surface area contributed by atoms with Crippen molar-refractivity contribution >= 4 is 17.1 Å². The van der Waals surface area contributed by atoms with Gasteiger partial charge in [-0.25, -0.2) is 0 Å². The molecule has 0 heterocycles. The lowest BCUT2D eigenvalue weighted by Crippen LogP contribution is -2.18. The number of nitrogens with zero attached hydrogens (tertiary/aromatic N) is 1. The lowest BCUT2D eigenvalue weighted by molar-refractivity contribution is 0.660. The van der Waals surface area contributed by atoms with E-state index < -0.39 is 0 Å². The van der Waals surface area contributed by atoms with E-state index in [9.17, 15) is 0 Å². The maximum atomic E-state index is 2.51. The average molecular weight is 568 g/mol. The summed E-state index contributed by atoms with van der Waals surface area (Å²) in [5.41, 5.74) is 18.1. The quantitative estimate of drug-likeness (QED) is 0.205. The molecule has 2 aliphatic rings.